The Morgan fingerprint density at radius 3 is 2.77 bits per heavy atom. The van der Waals surface area contributed by atoms with Crippen LogP contribution in [0.2, 0.25) is 10.0 Å². The van der Waals surface area contributed by atoms with Crippen molar-refractivity contribution in [2.45, 2.75) is 0 Å². The van der Waals surface area contributed by atoms with Gasteiger partial charge in [-0.2, -0.15) is 0 Å². The highest BCUT2D eigenvalue weighted by atomic mass is 35.5. The summed E-state index contributed by atoms with van der Waals surface area (Å²) < 4.78 is 10.7. The Morgan fingerprint density at radius 2 is 2.04 bits per heavy atom. The highest BCUT2D eigenvalue weighted by Gasteiger charge is 2.07. The third-order valence-corrected chi connectivity index (χ3v) is 3.79. The Labute approximate surface area is 159 Å². The second kappa shape index (κ2) is 8.55. The average molecular weight is 393 g/mol. The van der Waals surface area contributed by atoms with Crippen LogP contribution < -0.4 is 15.4 Å². The molecule has 7 nitrogen and oxygen atoms in total. The van der Waals surface area contributed by atoms with Crippen LogP contribution in [0.3, 0.4) is 0 Å². The van der Waals surface area contributed by atoms with Crippen LogP contribution in [-0.2, 0) is 0 Å². The van der Waals surface area contributed by atoms with Crippen molar-refractivity contribution in [3.05, 3.63) is 58.8 Å². The van der Waals surface area contributed by atoms with Crippen molar-refractivity contribution in [2.24, 2.45) is 0 Å². The molecule has 0 saturated carbocycles. The minimum absolute atomic E-state index is 0.228. The molecule has 0 fully saturated rings. The van der Waals surface area contributed by atoms with Crippen molar-refractivity contribution >= 4 is 34.9 Å². The Bertz CT molecular complexity index is 870. The van der Waals surface area contributed by atoms with E-state index < -0.39 is 6.03 Å². The molecule has 26 heavy (non-hydrogen) atoms. The van der Waals surface area contributed by atoms with E-state index in [9.17, 15) is 4.79 Å². The van der Waals surface area contributed by atoms with Crippen LogP contribution in [-0.4, -0.2) is 29.4 Å². The maximum atomic E-state index is 11.8. The molecule has 0 aliphatic carbocycles. The van der Waals surface area contributed by atoms with Crippen molar-refractivity contribution in [1.82, 2.24) is 15.5 Å². The SMILES string of the molecule is O=C(NCCOc1ccc(-c2ccco2)nn1)Nc1cc(Cl)ccc1Cl. The lowest BCUT2D eigenvalue weighted by atomic mass is 10.3. The Hall–Kier alpha value is -2.77. The number of nitrogens with one attached hydrogen (secondary N) is 2. The molecule has 0 aliphatic heterocycles. The number of anilines is 1. The molecule has 2 amide bonds. The third-order valence-electron chi connectivity index (χ3n) is 3.23. The quantitative estimate of drug-likeness (QED) is 0.612. The van der Waals surface area contributed by atoms with E-state index in [-0.39, 0.29) is 13.2 Å². The number of amides is 2. The van der Waals surface area contributed by atoms with Gasteiger partial charge in [0.2, 0.25) is 5.88 Å². The first kappa shape index (κ1) is 18.0. The minimum atomic E-state index is -0.419. The number of urea groups is 1. The average Bonchev–Trinajstić information content (AvgIpc) is 3.17. The minimum Gasteiger partial charge on any atom is -0.475 e. The maximum absolute atomic E-state index is 11.8. The van der Waals surface area contributed by atoms with Gasteiger partial charge >= 0.3 is 6.03 Å². The van der Waals surface area contributed by atoms with E-state index >= 15 is 0 Å². The Kier molecular flexibility index (Phi) is 5.93. The molecule has 0 radical (unpaired) electrons. The number of carbonyl (C=O) groups is 1. The smallest absolute Gasteiger partial charge is 0.319 e. The Morgan fingerprint density at radius 1 is 1.15 bits per heavy atom. The van der Waals surface area contributed by atoms with Gasteiger partial charge in [0, 0.05) is 11.1 Å². The summed E-state index contributed by atoms with van der Waals surface area (Å²) in [6, 6.07) is 11.4. The molecule has 0 unspecified atom stereocenters. The topological polar surface area (TPSA) is 89.3 Å². The van der Waals surface area contributed by atoms with Crippen molar-refractivity contribution in [3.8, 4) is 17.3 Å². The van der Waals surface area contributed by atoms with Crippen LogP contribution >= 0.6 is 23.2 Å². The van der Waals surface area contributed by atoms with E-state index in [0.29, 0.717) is 33.1 Å². The number of aromatic nitrogens is 2. The van der Waals surface area contributed by atoms with Crippen molar-refractivity contribution in [1.29, 1.82) is 0 Å². The van der Waals surface area contributed by atoms with Crippen LogP contribution in [0.4, 0.5) is 10.5 Å². The molecular weight excluding hydrogens is 379 g/mol. The second-order valence-electron chi connectivity index (χ2n) is 5.09. The molecule has 0 spiro atoms. The highest BCUT2D eigenvalue weighted by molar-refractivity contribution is 6.35. The molecule has 0 bridgehead atoms. The molecule has 2 N–H and O–H groups in total. The van der Waals surface area contributed by atoms with Gasteiger partial charge in [0.05, 0.1) is 23.5 Å². The monoisotopic (exact) mass is 392 g/mol. The van der Waals surface area contributed by atoms with E-state index in [0.717, 1.165) is 0 Å². The molecule has 0 saturated heterocycles. The van der Waals surface area contributed by atoms with E-state index in [4.69, 9.17) is 32.4 Å². The normalized spacial score (nSPS) is 10.4. The number of nitrogens with zero attached hydrogens (tertiary/aromatic N) is 2. The molecule has 2 heterocycles. The predicted molar refractivity (Wildman–Crippen MR) is 98.7 cm³/mol. The lowest BCUT2D eigenvalue weighted by molar-refractivity contribution is 0.246. The predicted octanol–water partition coefficient (Wildman–Crippen LogP) is 4.24. The van der Waals surface area contributed by atoms with Gasteiger partial charge in [-0.1, -0.05) is 23.2 Å². The zero-order valence-corrected chi connectivity index (χ0v) is 14.9. The number of ether oxygens (including phenoxy) is 1. The molecule has 0 atom stereocenters. The number of halogens is 2. The molecule has 0 aliphatic rings. The molecule has 134 valence electrons. The molecule has 1 aromatic carbocycles. The van der Waals surface area contributed by atoms with E-state index in [1.807, 2.05) is 0 Å². The largest absolute Gasteiger partial charge is 0.475 e. The molecule has 3 aromatic rings. The summed E-state index contributed by atoms with van der Waals surface area (Å²) in [5, 5.41) is 14.1. The van der Waals surface area contributed by atoms with Crippen LogP contribution in [0.5, 0.6) is 5.88 Å². The van der Waals surface area contributed by atoms with Gasteiger partial charge in [-0.05, 0) is 36.4 Å². The van der Waals surface area contributed by atoms with Crippen molar-refractivity contribution < 1.29 is 13.9 Å². The van der Waals surface area contributed by atoms with Gasteiger partial charge in [-0.3, -0.25) is 0 Å². The van der Waals surface area contributed by atoms with Crippen LogP contribution in [0.15, 0.2) is 53.1 Å². The first-order chi connectivity index (χ1) is 12.6. The standard InChI is InChI=1S/C17H14Cl2N4O3/c18-11-3-4-12(19)14(10-11)21-17(24)20-7-9-26-16-6-5-13(22-23-16)15-2-1-8-25-15/h1-6,8,10H,7,9H2,(H2,20,21,24). The van der Waals surface area contributed by atoms with Crippen LogP contribution in [0.1, 0.15) is 0 Å². The fourth-order valence-corrected chi connectivity index (χ4v) is 2.37. The number of rotatable bonds is 6. The summed E-state index contributed by atoms with van der Waals surface area (Å²) in [6.07, 6.45) is 1.56. The summed E-state index contributed by atoms with van der Waals surface area (Å²) in [7, 11) is 0. The molecule has 9 heteroatoms. The number of furan rings is 1. The Balaban J connectivity index is 1.42. The summed E-state index contributed by atoms with van der Waals surface area (Å²) >= 11 is 11.9. The summed E-state index contributed by atoms with van der Waals surface area (Å²) in [4.78, 5) is 11.8. The third kappa shape index (κ3) is 4.87. The van der Waals surface area contributed by atoms with Gasteiger partial charge < -0.3 is 19.8 Å². The fourth-order valence-electron chi connectivity index (χ4n) is 2.03. The zero-order chi connectivity index (χ0) is 18.4. The van der Waals surface area contributed by atoms with Gasteiger partial charge in [0.25, 0.3) is 0 Å². The molecule has 2 aromatic heterocycles. The number of hydrogen-bond acceptors (Lipinski definition) is 5. The highest BCUT2D eigenvalue weighted by Crippen LogP contribution is 2.25. The summed E-state index contributed by atoms with van der Waals surface area (Å²) in [5.41, 5.74) is 1.04. The van der Waals surface area contributed by atoms with Gasteiger partial charge in [-0.15, -0.1) is 10.2 Å². The molecular formula is C17H14Cl2N4O3. The zero-order valence-electron chi connectivity index (χ0n) is 13.4. The van der Waals surface area contributed by atoms with Crippen molar-refractivity contribution in [2.75, 3.05) is 18.5 Å². The van der Waals surface area contributed by atoms with Gasteiger partial charge in [0.15, 0.2) is 5.76 Å². The molecule has 3 rings (SSSR count). The summed E-state index contributed by atoms with van der Waals surface area (Å²) in [5.74, 6) is 0.975. The van der Waals surface area contributed by atoms with Gasteiger partial charge in [0.1, 0.15) is 12.3 Å². The fraction of sp³-hybridized carbons (Fsp3) is 0.118. The first-order valence-corrected chi connectivity index (χ1v) is 8.38. The van der Waals surface area contributed by atoms with E-state index in [2.05, 4.69) is 20.8 Å². The van der Waals surface area contributed by atoms with Crippen molar-refractivity contribution in [3.63, 3.8) is 0 Å². The van der Waals surface area contributed by atoms with E-state index in [1.54, 1.807) is 48.7 Å². The van der Waals surface area contributed by atoms with Crippen LogP contribution in [0.25, 0.3) is 11.5 Å². The van der Waals surface area contributed by atoms with Gasteiger partial charge in [-0.25, -0.2) is 4.79 Å². The van der Waals surface area contributed by atoms with Crippen LogP contribution in [0, 0.1) is 0 Å². The lowest BCUT2D eigenvalue weighted by Crippen LogP contribution is -2.32. The number of benzene rings is 1. The summed E-state index contributed by atoms with van der Waals surface area (Å²) in [6.45, 7) is 0.497. The number of carbonyl (C=O) groups excluding carboxylic acids is 1. The van der Waals surface area contributed by atoms with E-state index in [1.165, 1.54) is 0 Å². The number of hydrogen-bond donors (Lipinski definition) is 2. The first-order valence-electron chi connectivity index (χ1n) is 7.62. The maximum Gasteiger partial charge on any atom is 0.319 e. The second-order valence-corrected chi connectivity index (χ2v) is 5.93. The lowest BCUT2D eigenvalue weighted by Gasteiger charge is -2.10.